The molecule has 32 heavy (non-hydrogen) atoms. The Morgan fingerprint density at radius 1 is 0.844 bits per heavy atom. The summed E-state index contributed by atoms with van der Waals surface area (Å²) in [6.45, 7) is 0.997. The van der Waals surface area contributed by atoms with Gasteiger partial charge in [-0.25, -0.2) is 8.42 Å². The topological polar surface area (TPSA) is 78.5 Å². The minimum Gasteiger partial charge on any atom is -0.365 e. The molecule has 3 aromatic carbocycles. The van der Waals surface area contributed by atoms with Gasteiger partial charge in [-0.1, -0.05) is 66.7 Å². The molecule has 0 saturated carbocycles. The number of carbonyl (C=O) groups is 1. The molecular weight excluding hydrogens is 422 g/mol. The van der Waals surface area contributed by atoms with E-state index in [-0.39, 0.29) is 10.8 Å². The molecule has 1 fully saturated rings. The van der Waals surface area contributed by atoms with E-state index in [2.05, 4.69) is 22.2 Å². The van der Waals surface area contributed by atoms with Crippen molar-refractivity contribution in [3.05, 3.63) is 84.4 Å². The average Bonchev–Trinajstić information content (AvgIpc) is 2.80. The molecule has 3 aromatic rings. The van der Waals surface area contributed by atoms with Crippen LogP contribution in [0.2, 0.25) is 0 Å². The summed E-state index contributed by atoms with van der Waals surface area (Å²) in [5, 5.41) is 3.37. The maximum absolute atomic E-state index is 12.9. The standard InChI is InChI=1S/C25H25N3O3S/c29-24(18-19-10-12-21(13-11-19)20-6-2-1-3-7-20)28-16-14-25(15-17-28)26-22-8-4-5-9-23(22)32(30,31)27-25/h1-13,26-27H,14-18H2. The molecule has 1 saturated heterocycles. The van der Waals surface area contributed by atoms with Crippen LogP contribution in [0.4, 0.5) is 5.69 Å². The van der Waals surface area contributed by atoms with Gasteiger partial charge in [0, 0.05) is 25.9 Å². The maximum atomic E-state index is 12.9. The second kappa shape index (κ2) is 8.07. The Kier molecular flexibility index (Phi) is 5.23. The molecule has 0 radical (unpaired) electrons. The van der Waals surface area contributed by atoms with Crippen molar-refractivity contribution in [2.75, 3.05) is 18.4 Å². The quantitative estimate of drug-likeness (QED) is 0.643. The molecule has 2 N–H and O–H groups in total. The highest BCUT2D eigenvalue weighted by Crippen LogP contribution is 2.34. The number of carbonyl (C=O) groups excluding carboxylic acids is 1. The molecule has 0 aromatic heterocycles. The van der Waals surface area contributed by atoms with E-state index < -0.39 is 15.7 Å². The molecule has 0 aliphatic carbocycles. The lowest BCUT2D eigenvalue weighted by Crippen LogP contribution is -2.62. The minimum atomic E-state index is -3.58. The van der Waals surface area contributed by atoms with Crippen LogP contribution in [0.25, 0.3) is 11.1 Å². The van der Waals surface area contributed by atoms with Gasteiger partial charge in [-0.15, -0.1) is 0 Å². The molecule has 2 heterocycles. The van der Waals surface area contributed by atoms with Crippen molar-refractivity contribution in [3.63, 3.8) is 0 Å². The summed E-state index contributed by atoms with van der Waals surface area (Å²) >= 11 is 0. The zero-order valence-corrected chi connectivity index (χ0v) is 18.4. The van der Waals surface area contributed by atoms with E-state index in [1.165, 1.54) is 0 Å². The summed E-state index contributed by atoms with van der Waals surface area (Å²) in [7, 11) is -3.58. The van der Waals surface area contributed by atoms with E-state index in [0.717, 1.165) is 16.7 Å². The first kappa shape index (κ1) is 20.7. The second-order valence-corrected chi connectivity index (χ2v) is 10.1. The number of anilines is 1. The molecule has 0 unspecified atom stereocenters. The Balaban J connectivity index is 1.23. The number of benzene rings is 3. The van der Waals surface area contributed by atoms with Crippen molar-refractivity contribution in [2.24, 2.45) is 0 Å². The first-order chi connectivity index (χ1) is 15.4. The molecule has 6 nitrogen and oxygen atoms in total. The summed E-state index contributed by atoms with van der Waals surface area (Å²) < 4.78 is 28.2. The van der Waals surface area contributed by atoms with E-state index in [1.807, 2.05) is 53.4 Å². The third kappa shape index (κ3) is 4.01. The van der Waals surface area contributed by atoms with Crippen LogP contribution in [0.5, 0.6) is 0 Å². The van der Waals surface area contributed by atoms with Crippen molar-refractivity contribution < 1.29 is 13.2 Å². The van der Waals surface area contributed by atoms with Crippen LogP contribution in [0.3, 0.4) is 0 Å². The fraction of sp³-hybridized carbons (Fsp3) is 0.240. The lowest BCUT2D eigenvalue weighted by molar-refractivity contribution is -0.131. The Labute approximate surface area is 188 Å². The number of likely N-dealkylation sites (tertiary alicyclic amines) is 1. The van der Waals surface area contributed by atoms with Gasteiger partial charge >= 0.3 is 0 Å². The predicted octanol–water partition coefficient (Wildman–Crippen LogP) is 3.62. The minimum absolute atomic E-state index is 0.0615. The van der Waals surface area contributed by atoms with Gasteiger partial charge in [0.1, 0.15) is 10.6 Å². The number of fused-ring (bicyclic) bond motifs is 1. The molecule has 1 spiro atoms. The fourth-order valence-corrected chi connectivity index (χ4v) is 6.04. The molecule has 2 aliphatic rings. The van der Waals surface area contributed by atoms with Crippen LogP contribution in [0, 0.1) is 0 Å². The number of hydrogen-bond acceptors (Lipinski definition) is 4. The Bertz CT molecular complexity index is 1230. The van der Waals surface area contributed by atoms with E-state index >= 15 is 0 Å². The van der Waals surface area contributed by atoms with Crippen molar-refractivity contribution >= 4 is 21.6 Å². The van der Waals surface area contributed by atoms with Crippen LogP contribution >= 0.6 is 0 Å². The van der Waals surface area contributed by atoms with Gasteiger partial charge in [-0.05, 0) is 28.8 Å². The third-order valence-corrected chi connectivity index (χ3v) is 7.86. The lowest BCUT2D eigenvalue weighted by Gasteiger charge is -2.45. The molecule has 1 amide bonds. The number of piperidine rings is 1. The Morgan fingerprint density at radius 3 is 2.19 bits per heavy atom. The second-order valence-electron chi connectivity index (χ2n) is 8.43. The van der Waals surface area contributed by atoms with Gasteiger partial charge in [0.15, 0.2) is 0 Å². The molecule has 7 heteroatoms. The van der Waals surface area contributed by atoms with Crippen LogP contribution in [-0.2, 0) is 21.2 Å². The average molecular weight is 448 g/mol. The highest BCUT2D eigenvalue weighted by atomic mass is 32.2. The van der Waals surface area contributed by atoms with E-state index in [0.29, 0.717) is 38.0 Å². The highest BCUT2D eigenvalue weighted by Gasteiger charge is 2.43. The van der Waals surface area contributed by atoms with Gasteiger partial charge in [0.25, 0.3) is 0 Å². The number of sulfonamides is 1. The van der Waals surface area contributed by atoms with Gasteiger partial charge in [-0.3, -0.25) is 4.79 Å². The van der Waals surface area contributed by atoms with E-state index in [9.17, 15) is 13.2 Å². The Morgan fingerprint density at radius 2 is 1.47 bits per heavy atom. The zero-order chi connectivity index (χ0) is 22.2. The molecule has 0 bridgehead atoms. The lowest BCUT2D eigenvalue weighted by atomic mass is 9.96. The summed E-state index contributed by atoms with van der Waals surface area (Å²) in [6, 6.07) is 25.1. The van der Waals surface area contributed by atoms with Gasteiger partial charge in [0.05, 0.1) is 12.1 Å². The van der Waals surface area contributed by atoms with Crippen molar-refractivity contribution in [1.82, 2.24) is 9.62 Å². The SMILES string of the molecule is O=C(Cc1ccc(-c2ccccc2)cc1)N1CCC2(CC1)Nc1ccccc1S(=O)(=O)N2. The van der Waals surface area contributed by atoms with Crippen molar-refractivity contribution in [3.8, 4) is 11.1 Å². The summed E-state index contributed by atoms with van der Waals surface area (Å²) in [4.78, 5) is 15.0. The first-order valence-corrected chi connectivity index (χ1v) is 12.3. The number of amides is 1. The smallest absolute Gasteiger partial charge is 0.244 e. The molecule has 164 valence electrons. The maximum Gasteiger partial charge on any atom is 0.244 e. The monoisotopic (exact) mass is 447 g/mol. The summed E-state index contributed by atoms with van der Waals surface area (Å²) in [5.74, 6) is 0.0615. The molecule has 2 aliphatic heterocycles. The third-order valence-electron chi connectivity index (χ3n) is 6.27. The highest BCUT2D eigenvalue weighted by molar-refractivity contribution is 7.89. The normalized spacial score (nSPS) is 18.6. The number of nitrogens with one attached hydrogen (secondary N) is 2. The predicted molar refractivity (Wildman–Crippen MR) is 125 cm³/mol. The fourth-order valence-electron chi connectivity index (χ4n) is 4.50. The van der Waals surface area contributed by atoms with Crippen LogP contribution in [0.15, 0.2) is 83.8 Å². The molecule has 5 rings (SSSR count). The number of hydrogen-bond donors (Lipinski definition) is 2. The van der Waals surface area contributed by atoms with E-state index in [1.54, 1.807) is 18.2 Å². The van der Waals surface area contributed by atoms with Gasteiger partial charge in [-0.2, -0.15) is 4.72 Å². The number of para-hydroxylation sites is 1. The largest absolute Gasteiger partial charge is 0.365 e. The summed E-state index contributed by atoms with van der Waals surface area (Å²) in [5.41, 5.74) is 3.11. The van der Waals surface area contributed by atoms with Gasteiger partial charge < -0.3 is 10.2 Å². The van der Waals surface area contributed by atoms with Gasteiger partial charge in [0.2, 0.25) is 15.9 Å². The number of rotatable bonds is 3. The first-order valence-electron chi connectivity index (χ1n) is 10.8. The van der Waals surface area contributed by atoms with Crippen molar-refractivity contribution in [2.45, 2.75) is 29.8 Å². The van der Waals surface area contributed by atoms with E-state index in [4.69, 9.17) is 0 Å². The summed E-state index contributed by atoms with van der Waals surface area (Å²) in [6.07, 6.45) is 1.36. The molecule has 0 atom stereocenters. The Hall–Kier alpha value is -3.16. The number of nitrogens with zero attached hydrogens (tertiary/aromatic N) is 1. The molecular formula is C25H25N3O3S. The van der Waals surface area contributed by atoms with Crippen LogP contribution in [-0.4, -0.2) is 38.0 Å². The van der Waals surface area contributed by atoms with Crippen LogP contribution < -0.4 is 10.0 Å². The van der Waals surface area contributed by atoms with Crippen molar-refractivity contribution in [1.29, 1.82) is 0 Å². The van der Waals surface area contributed by atoms with Crippen LogP contribution in [0.1, 0.15) is 18.4 Å². The zero-order valence-electron chi connectivity index (χ0n) is 17.6.